The molecule has 0 bridgehead atoms. The fourth-order valence-electron chi connectivity index (χ4n) is 1.74. The summed E-state index contributed by atoms with van der Waals surface area (Å²) in [6.45, 7) is 13.0. The molecule has 0 amide bonds. The van der Waals surface area contributed by atoms with E-state index in [9.17, 15) is 0 Å². The Morgan fingerprint density at radius 3 is 2.25 bits per heavy atom. The molecule has 0 aromatic carbocycles. The monoisotopic (exact) mass is 229 g/mol. The largest absolute Gasteiger partial charge is 0.377 e. The molecule has 16 heavy (non-hydrogen) atoms. The van der Waals surface area contributed by atoms with Gasteiger partial charge in [-0.2, -0.15) is 0 Å². The molecule has 2 nitrogen and oxygen atoms in total. The third-order valence-electron chi connectivity index (χ3n) is 2.87. The normalized spacial score (nSPS) is 15.4. The lowest BCUT2D eigenvalue weighted by Crippen LogP contribution is -2.30. The summed E-state index contributed by atoms with van der Waals surface area (Å²) in [5, 5.41) is 3.51. The maximum Gasteiger partial charge on any atom is 0.0594 e. The highest BCUT2D eigenvalue weighted by Crippen LogP contribution is 2.06. The zero-order chi connectivity index (χ0) is 12.4. The number of rotatable bonds is 10. The zero-order valence-corrected chi connectivity index (χ0v) is 11.9. The fraction of sp³-hybridized carbons (Fsp3) is 1.00. The molecule has 2 atom stereocenters. The van der Waals surface area contributed by atoms with Crippen molar-refractivity contribution in [3.05, 3.63) is 0 Å². The van der Waals surface area contributed by atoms with E-state index in [1.165, 1.54) is 25.7 Å². The van der Waals surface area contributed by atoms with Crippen molar-refractivity contribution in [3.63, 3.8) is 0 Å². The van der Waals surface area contributed by atoms with Crippen molar-refractivity contribution < 1.29 is 4.74 Å². The van der Waals surface area contributed by atoms with Crippen LogP contribution in [0.5, 0.6) is 0 Å². The second-order valence-corrected chi connectivity index (χ2v) is 5.30. The summed E-state index contributed by atoms with van der Waals surface area (Å²) in [4.78, 5) is 0. The molecule has 0 spiro atoms. The van der Waals surface area contributed by atoms with Crippen LogP contribution in [0.15, 0.2) is 0 Å². The maximum atomic E-state index is 5.70. The van der Waals surface area contributed by atoms with E-state index in [-0.39, 0.29) is 0 Å². The summed E-state index contributed by atoms with van der Waals surface area (Å²) >= 11 is 0. The molecular weight excluding hydrogens is 198 g/mol. The first kappa shape index (κ1) is 15.9. The van der Waals surface area contributed by atoms with Crippen molar-refractivity contribution in [2.24, 2.45) is 5.92 Å². The van der Waals surface area contributed by atoms with Crippen LogP contribution < -0.4 is 5.32 Å². The molecule has 0 aliphatic carbocycles. The van der Waals surface area contributed by atoms with Crippen LogP contribution in [0.25, 0.3) is 0 Å². The quantitative estimate of drug-likeness (QED) is 0.578. The third-order valence-corrected chi connectivity index (χ3v) is 2.87. The molecule has 0 heterocycles. The molecule has 2 unspecified atom stereocenters. The summed E-state index contributed by atoms with van der Waals surface area (Å²) in [7, 11) is 0. The summed E-state index contributed by atoms with van der Waals surface area (Å²) in [6, 6.07) is 0.618. The standard InChI is InChI=1S/C14H31NO/c1-6-7-14(5)16-11-10-15-13(4)9-8-12(2)3/h12-15H,6-11H2,1-5H3. The van der Waals surface area contributed by atoms with Gasteiger partial charge in [0.2, 0.25) is 0 Å². The van der Waals surface area contributed by atoms with Crippen LogP contribution in [0.2, 0.25) is 0 Å². The van der Waals surface area contributed by atoms with Gasteiger partial charge in [0.25, 0.3) is 0 Å². The average Bonchev–Trinajstić information content (AvgIpc) is 2.22. The number of hydrogen-bond donors (Lipinski definition) is 1. The lowest BCUT2D eigenvalue weighted by atomic mass is 10.0. The molecule has 98 valence electrons. The summed E-state index contributed by atoms with van der Waals surface area (Å²) in [5.74, 6) is 0.810. The van der Waals surface area contributed by atoms with Crippen LogP contribution in [0, 0.1) is 5.92 Å². The first-order valence-electron chi connectivity index (χ1n) is 6.91. The minimum Gasteiger partial charge on any atom is -0.377 e. The highest BCUT2D eigenvalue weighted by molar-refractivity contribution is 4.61. The Morgan fingerprint density at radius 1 is 1.00 bits per heavy atom. The van der Waals surface area contributed by atoms with E-state index in [1.54, 1.807) is 0 Å². The summed E-state index contributed by atoms with van der Waals surface area (Å²) in [6.07, 6.45) is 5.36. The minimum absolute atomic E-state index is 0.415. The van der Waals surface area contributed by atoms with Crippen molar-refractivity contribution in [2.45, 2.75) is 72.4 Å². The number of hydrogen-bond acceptors (Lipinski definition) is 2. The lowest BCUT2D eigenvalue weighted by molar-refractivity contribution is 0.0605. The van der Waals surface area contributed by atoms with E-state index in [1.807, 2.05) is 0 Å². The smallest absolute Gasteiger partial charge is 0.0594 e. The predicted molar refractivity (Wildman–Crippen MR) is 71.9 cm³/mol. The van der Waals surface area contributed by atoms with Crippen molar-refractivity contribution in [1.29, 1.82) is 0 Å². The van der Waals surface area contributed by atoms with Crippen molar-refractivity contribution >= 4 is 0 Å². The topological polar surface area (TPSA) is 21.3 Å². The van der Waals surface area contributed by atoms with Gasteiger partial charge in [-0.3, -0.25) is 0 Å². The SMILES string of the molecule is CCCC(C)OCCNC(C)CCC(C)C. The van der Waals surface area contributed by atoms with Crippen LogP contribution >= 0.6 is 0 Å². The van der Waals surface area contributed by atoms with E-state index >= 15 is 0 Å². The van der Waals surface area contributed by atoms with Crippen molar-refractivity contribution in [1.82, 2.24) is 5.32 Å². The van der Waals surface area contributed by atoms with Gasteiger partial charge in [0, 0.05) is 12.6 Å². The first-order valence-corrected chi connectivity index (χ1v) is 6.91. The molecular formula is C14H31NO. The molecule has 0 aliphatic rings. The Balaban J connectivity index is 3.30. The Hall–Kier alpha value is -0.0800. The highest BCUT2D eigenvalue weighted by atomic mass is 16.5. The molecule has 0 aliphatic heterocycles. The third kappa shape index (κ3) is 10.4. The van der Waals surface area contributed by atoms with Crippen LogP contribution in [-0.4, -0.2) is 25.3 Å². The van der Waals surface area contributed by atoms with Crippen molar-refractivity contribution in [2.75, 3.05) is 13.2 Å². The van der Waals surface area contributed by atoms with E-state index in [0.29, 0.717) is 12.1 Å². The molecule has 1 N–H and O–H groups in total. The Bertz CT molecular complexity index is 148. The molecule has 0 aromatic heterocycles. The molecule has 0 aromatic rings. The van der Waals surface area contributed by atoms with E-state index in [0.717, 1.165) is 19.1 Å². The number of ether oxygens (including phenoxy) is 1. The van der Waals surface area contributed by atoms with Gasteiger partial charge in [-0.05, 0) is 39.0 Å². The van der Waals surface area contributed by atoms with E-state index in [2.05, 4.69) is 39.9 Å². The van der Waals surface area contributed by atoms with Gasteiger partial charge in [-0.15, -0.1) is 0 Å². The van der Waals surface area contributed by atoms with Gasteiger partial charge in [-0.1, -0.05) is 27.2 Å². The Labute approximate surface area is 102 Å². The second kappa shape index (κ2) is 10.1. The van der Waals surface area contributed by atoms with Gasteiger partial charge in [0.05, 0.1) is 12.7 Å². The molecule has 0 radical (unpaired) electrons. The lowest BCUT2D eigenvalue weighted by Gasteiger charge is -2.16. The summed E-state index contributed by atoms with van der Waals surface area (Å²) < 4.78 is 5.70. The van der Waals surface area contributed by atoms with E-state index < -0.39 is 0 Å². The zero-order valence-electron chi connectivity index (χ0n) is 11.9. The number of nitrogens with one attached hydrogen (secondary N) is 1. The van der Waals surface area contributed by atoms with Crippen LogP contribution in [0.3, 0.4) is 0 Å². The summed E-state index contributed by atoms with van der Waals surface area (Å²) in [5.41, 5.74) is 0. The van der Waals surface area contributed by atoms with Gasteiger partial charge in [0.1, 0.15) is 0 Å². The van der Waals surface area contributed by atoms with Gasteiger partial charge < -0.3 is 10.1 Å². The fourth-order valence-corrected chi connectivity index (χ4v) is 1.74. The van der Waals surface area contributed by atoms with Crippen LogP contribution in [0.4, 0.5) is 0 Å². The molecule has 0 saturated heterocycles. The molecule has 2 heteroatoms. The average molecular weight is 229 g/mol. The van der Waals surface area contributed by atoms with Crippen LogP contribution in [0.1, 0.15) is 60.3 Å². The molecule has 0 saturated carbocycles. The molecule has 0 rings (SSSR count). The van der Waals surface area contributed by atoms with Gasteiger partial charge in [-0.25, -0.2) is 0 Å². The maximum absolute atomic E-state index is 5.70. The van der Waals surface area contributed by atoms with Crippen LogP contribution in [-0.2, 0) is 4.74 Å². The molecule has 0 fully saturated rings. The minimum atomic E-state index is 0.415. The van der Waals surface area contributed by atoms with E-state index in [4.69, 9.17) is 4.74 Å². The van der Waals surface area contributed by atoms with Gasteiger partial charge >= 0.3 is 0 Å². The highest BCUT2D eigenvalue weighted by Gasteiger charge is 2.03. The Kier molecular flexibility index (Phi) is 10.0. The van der Waals surface area contributed by atoms with Gasteiger partial charge in [0.15, 0.2) is 0 Å². The second-order valence-electron chi connectivity index (χ2n) is 5.30. The van der Waals surface area contributed by atoms with Crippen molar-refractivity contribution in [3.8, 4) is 0 Å². The first-order chi connectivity index (χ1) is 7.56. The Morgan fingerprint density at radius 2 is 1.69 bits per heavy atom. The predicted octanol–water partition coefficient (Wildman–Crippen LogP) is 3.61.